The number of hydrogen-bond acceptors (Lipinski definition) is 2. The van der Waals surface area contributed by atoms with Crippen molar-refractivity contribution in [3.8, 4) is 11.5 Å². The van der Waals surface area contributed by atoms with Crippen molar-refractivity contribution in [2.75, 3.05) is 0 Å². The molecule has 2 heteroatoms. The van der Waals surface area contributed by atoms with Crippen molar-refractivity contribution in [2.45, 2.75) is 51.4 Å². The van der Waals surface area contributed by atoms with Gasteiger partial charge in [0.15, 0.2) is 0 Å². The number of benzene rings is 2. The predicted molar refractivity (Wildman–Crippen MR) is 93.8 cm³/mol. The van der Waals surface area contributed by atoms with Gasteiger partial charge in [-0.2, -0.15) is 0 Å². The quantitative estimate of drug-likeness (QED) is 0.820. The van der Waals surface area contributed by atoms with Crippen molar-refractivity contribution in [1.29, 1.82) is 0 Å². The van der Waals surface area contributed by atoms with E-state index in [0.29, 0.717) is 16.9 Å². The second-order valence-electron chi connectivity index (χ2n) is 7.83. The van der Waals surface area contributed by atoms with Crippen LogP contribution in [0.25, 0.3) is 0 Å². The third-order valence-electron chi connectivity index (χ3n) is 5.52. The zero-order valence-electron chi connectivity index (χ0n) is 14.0. The van der Waals surface area contributed by atoms with Crippen molar-refractivity contribution < 1.29 is 10.2 Å². The standard InChI is InChI=1S/C21H26O2/c1-20(2)11-13-21(14-12-20,17-5-9-19(23)10-6-17)15-16-3-7-18(22)8-4-16/h3-10,22-23H,11-15H2,1-2H3. The van der Waals surface area contributed by atoms with Gasteiger partial charge in [0.05, 0.1) is 0 Å². The monoisotopic (exact) mass is 310 g/mol. The Labute approximate surface area is 138 Å². The maximum absolute atomic E-state index is 9.61. The van der Waals surface area contributed by atoms with E-state index in [1.807, 2.05) is 12.1 Å². The normalized spacial score (nSPS) is 19.4. The maximum Gasteiger partial charge on any atom is 0.115 e. The van der Waals surface area contributed by atoms with Gasteiger partial charge in [0.1, 0.15) is 11.5 Å². The van der Waals surface area contributed by atoms with E-state index in [0.717, 1.165) is 19.3 Å². The van der Waals surface area contributed by atoms with Crippen LogP contribution in [0.1, 0.15) is 50.7 Å². The van der Waals surface area contributed by atoms with Crippen molar-refractivity contribution in [3.05, 3.63) is 59.7 Å². The molecule has 0 aromatic heterocycles. The smallest absolute Gasteiger partial charge is 0.115 e. The Balaban J connectivity index is 1.93. The van der Waals surface area contributed by atoms with Crippen LogP contribution in [0.5, 0.6) is 11.5 Å². The van der Waals surface area contributed by atoms with Crippen LogP contribution in [0.15, 0.2) is 48.5 Å². The highest BCUT2D eigenvalue weighted by Crippen LogP contribution is 2.48. The molecule has 0 bridgehead atoms. The van der Waals surface area contributed by atoms with Crippen LogP contribution in [-0.4, -0.2) is 10.2 Å². The van der Waals surface area contributed by atoms with Crippen molar-refractivity contribution in [1.82, 2.24) is 0 Å². The fourth-order valence-corrected chi connectivity index (χ4v) is 3.79. The van der Waals surface area contributed by atoms with E-state index in [4.69, 9.17) is 0 Å². The summed E-state index contributed by atoms with van der Waals surface area (Å²) >= 11 is 0. The molecule has 2 aromatic carbocycles. The molecule has 122 valence electrons. The first-order valence-electron chi connectivity index (χ1n) is 8.46. The first-order chi connectivity index (χ1) is 10.9. The molecule has 23 heavy (non-hydrogen) atoms. The van der Waals surface area contributed by atoms with Crippen LogP contribution < -0.4 is 0 Å². The zero-order chi connectivity index (χ0) is 16.5. The minimum absolute atomic E-state index is 0.125. The van der Waals surface area contributed by atoms with E-state index in [-0.39, 0.29) is 5.41 Å². The lowest BCUT2D eigenvalue weighted by Crippen LogP contribution is -2.36. The van der Waals surface area contributed by atoms with Gasteiger partial charge in [0, 0.05) is 0 Å². The predicted octanol–water partition coefficient (Wildman–Crippen LogP) is 5.18. The Bertz CT molecular complexity index is 643. The lowest BCUT2D eigenvalue weighted by molar-refractivity contribution is 0.160. The second kappa shape index (κ2) is 5.92. The van der Waals surface area contributed by atoms with Crippen molar-refractivity contribution in [2.24, 2.45) is 5.41 Å². The maximum atomic E-state index is 9.61. The average molecular weight is 310 g/mol. The zero-order valence-corrected chi connectivity index (χ0v) is 14.0. The van der Waals surface area contributed by atoms with Crippen molar-refractivity contribution in [3.63, 3.8) is 0 Å². The molecule has 0 saturated heterocycles. The van der Waals surface area contributed by atoms with Crippen LogP contribution in [-0.2, 0) is 11.8 Å². The lowest BCUT2D eigenvalue weighted by atomic mass is 9.60. The van der Waals surface area contributed by atoms with Crippen LogP contribution in [0, 0.1) is 5.41 Å². The summed E-state index contributed by atoms with van der Waals surface area (Å²) in [6.45, 7) is 4.71. The van der Waals surface area contributed by atoms with Crippen LogP contribution in [0.4, 0.5) is 0 Å². The van der Waals surface area contributed by atoms with Gasteiger partial charge in [-0.25, -0.2) is 0 Å². The first-order valence-corrected chi connectivity index (χ1v) is 8.46. The van der Waals surface area contributed by atoms with E-state index >= 15 is 0 Å². The molecule has 1 aliphatic carbocycles. The van der Waals surface area contributed by atoms with Gasteiger partial charge in [-0.3, -0.25) is 0 Å². The highest BCUT2D eigenvalue weighted by Gasteiger charge is 2.39. The average Bonchev–Trinajstić information content (AvgIpc) is 2.53. The molecule has 2 aromatic rings. The van der Waals surface area contributed by atoms with Gasteiger partial charge >= 0.3 is 0 Å². The summed E-state index contributed by atoms with van der Waals surface area (Å²) < 4.78 is 0. The number of phenols is 2. The Kier molecular flexibility index (Phi) is 4.09. The Morgan fingerprint density at radius 2 is 1.22 bits per heavy atom. The molecule has 3 rings (SSSR count). The number of phenolic OH excluding ortho intramolecular Hbond substituents is 2. The SMILES string of the molecule is CC1(C)CCC(Cc2ccc(O)cc2)(c2ccc(O)cc2)CC1. The van der Waals surface area contributed by atoms with Crippen LogP contribution in [0.2, 0.25) is 0 Å². The molecule has 1 aliphatic rings. The van der Waals surface area contributed by atoms with Gasteiger partial charge in [-0.15, -0.1) is 0 Å². The molecule has 0 unspecified atom stereocenters. The number of hydrogen-bond donors (Lipinski definition) is 2. The fraction of sp³-hybridized carbons (Fsp3) is 0.429. The van der Waals surface area contributed by atoms with E-state index in [9.17, 15) is 10.2 Å². The summed E-state index contributed by atoms with van der Waals surface area (Å²) in [5.74, 6) is 0.641. The highest BCUT2D eigenvalue weighted by molar-refractivity contribution is 5.35. The minimum atomic E-state index is 0.125. The van der Waals surface area contributed by atoms with E-state index < -0.39 is 0 Å². The Morgan fingerprint density at radius 1 is 0.739 bits per heavy atom. The summed E-state index contributed by atoms with van der Waals surface area (Å²) in [6.07, 6.45) is 5.73. The summed E-state index contributed by atoms with van der Waals surface area (Å²) in [4.78, 5) is 0. The van der Waals surface area contributed by atoms with Gasteiger partial charge < -0.3 is 10.2 Å². The molecule has 0 aliphatic heterocycles. The topological polar surface area (TPSA) is 40.5 Å². The largest absolute Gasteiger partial charge is 0.508 e. The third kappa shape index (κ3) is 3.52. The number of rotatable bonds is 3. The Hall–Kier alpha value is -1.96. The molecular weight excluding hydrogens is 284 g/mol. The summed E-state index contributed by atoms with van der Waals surface area (Å²) in [7, 11) is 0. The molecule has 0 heterocycles. The second-order valence-corrected chi connectivity index (χ2v) is 7.83. The Morgan fingerprint density at radius 3 is 1.74 bits per heavy atom. The molecule has 0 amide bonds. The number of aromatic hydroxyl groups is 2. The highest BCUT2D eigenvalue weighted by atomic mass is 16.3. The van der Waals surface area contributed by atoms with Gasteiger partial charge in [-0.05, 0) is 78.3 Å². The molecule has 1 fully saturated rings. The molecule has 0 radical (unpaired) electrons. The van der Waals surface area contributed by atoms with E-state index in [1.165, 1.54) is 24.0 Å². The minimum Gasteiger partial charge on any atom is -0.508 e. The molecule has 1 saturated carbocycles. The van der Waals surface area contributed by atoms with Crippen LogP contribution in [0.3, 0.4) is 0 Å². The molecule has 2 N–H and O–H groups in total. The van der Waals surface area contributed by atoms with Gasteiger partial charge in [-0.1, -0.05) is 38.1 Å². The molecule has 2 nitrogen and oxygen atoms in total. The lowest BCUT2D eigenvalue weighted by Gasteiger charge is -2.44. The third-order valence-corrected chi connectivity index (χ3v) is 5.52. The first kappa shape index (κ1) is 15.9. The van der Waals surface area contributed by atoms with Gasteiger partial charge in [0.2, 0.25) is 0 Å². The summed E-state index contributed by atoms with van der Waals surface area (Å²) in [5, 5.41) is 19.1. The van der Waals surface area contributed by atoms with E-state index in [2.05, 4.69) is 26.0 Å². The summed E-state index contributed by atoms with van der Waals surface area (Å²) in [5.41, 5.74) is 3.12. The molecular formula is C21H26O2. The van der Waals surface area contributed by atoms with Crippen LogP contribution >= 0.6 is 0 Å². The molecule has 0 spiro atoms. The van der Waals surface area contributed by atoms with E-state index in [1.54, 1.807) is 24.3 Å². The fourth-order valence-electron chi connectivity index (χ4n) is 3.79. The van der Waals surface area contributed by atoms with Gasteiger partial charge in [0.25, 0.3) is 0 Å². The molecule has 0 atom stereocenters. The van der Waals surface area contributed by atoms with Crippen molar-refractivity contribution >= 4 is 0 Å². The summed E-state index contributed by atoms with van der Waals surface area (Å²) in [6, 6.07) is 15.3.